The molecule has 0 aromatic carbocycles. The Labute approximate surface area is 65.0 Å². The molecule has 0 spiro atoms. The summed E-state index contributed by atoms with van der Waals surface area (Å²) >= 11 is 0. The SMILES string of the molecule is CC.CC.CNCC(C)=O. The molecule has 10 heavy (non-hydrogen) atoms. The lowest BCUT2D eigenvalue weighted by atomic mass is 10.5. The van der Waals surface area contributed by atoms with Gasteiger partial charge in [0.1, 0.15) is 5.78 Å². The molecule has 0 unspecified atom stereocenters. The standard InChI is InChI=1S/C4H9NO.2C2H6/c1-4(6)3-5-2;2*1-2/h5H,3H2,1-2H3;2*1-2H3. The minimum atomic E-state index is 0.178. The summed E-state index contributed by atoms with van der Waals surface area (Å²) in [5.41, 5.74) is 0. The van der Waals surface area contributed by atoms with Crippen molar-refractivity contribution in [1.82, 2.24) is 5.32 Å². The van der Waals surface area contributed by atoms with Crippen LogP contribution >= 0.6 is 0 Å². The number of hydrogen-bond donors (Lipinski definition) is 1. The molecule has 0 saturated heterocycles. The fraction of sp³-hybridized carbons (Fsp3) is 0.875. The van der Waals surface area contributed by atoms with Crippen molar-refractivity contribution in [2.75, 3.05) is 13.6 Å². The van der Waals surface area contributed by atoms with Gasteiger partial charge >= 0.3 is 0 Å². The molecule has 2 heteroatoms. The molecule has 0 aromatic rings. The molecule has 0 radical (unpaired) electrons. The Morgan fingerprint density at radius 2 is 1.50 bits per heavy atom. The van der Waals surface area contributed by atoms with Gasteiger partial charge in [-0.05, 0) is 14.0 Å². The number of nitrogens with one attached hydrogen (secondary N) is 1. The van der Waals surface area contributed by atoms with E-state index in [0.29, 0.717) is 6.54 Å². The molecule has 0 atom stereocenters. The van der Waals surface area contributed by atoms with Crippen molar-refractivity contribution < 1.29 is 4.79 Å². The van der Waals surface area contributed by atoms with Gasteiger partial charge in [-0.2, -0.15) is 0 Å². The Hall–Kier alpha value is -0.370. The van der Waals surface area contributed by atoms with E-state index < -0.39 is 0 Å². The number of carbonyl (C=O) groups is 1. The molecule has 0 fully saturated rings. The number of ketones is 1. The highest BCUT2D eigenvalue weighted by Gasteiger charge is 1.82. The topological polar surface area (TPSA) is 29.1 Å². The summed E-state index contributed by atoms with van der Waals surface area (Å²) in [5.74, 6) is 0.178. The van der Waals surface area contributed by atoms with E-state index in [9.17, 15) is 4.79 Å². The van der Waals surface area contributed by atoms with Crippen LogP contribution in [0.3, 0.4) is 0 Å². The molecule has 2 nitrogen and oxygen atoms in total. The van der Waals surface area contributed by atoms with Gasteiger partial charge in [-0.15, -0.1) is 0 Å². The van der Waals surface area contributed by atoms with Gasteiger partial charge in [-0.1, -0.05) is 27.7 Å². The molecular weight excluding hydrogens is 126 g/mol. The Kier molecular flexibility index (Phi) is 38.2. The smallest absolute Gasteiger partial charge is 0.143 e. The van der Waals surface area contributed by atoms with Crippen LogP contribution in [-0.2, 0) is 4.79 Å². The lowest BCUT2D eigenvalue weighted by molar-refractivity contribution is -0.116. The first-order valence-corrected chi connectivity index (χ1v) is 3.91. The molecule has 0 heterocycles. The monoisotopic (exact) mass is 147 g/mol. The molecule has 1 N–H and O–H groups in total. The van der Waals surface area contributed by atoms with Crippen LogP contribution in [0, 0.1) is 0 Å². The van der Waals surface area contributed by atoms with Gasteiger partial charge in [-0.25, -0.2) is 0 Å². The van der Waals surface area contributed by atoms with E-state index in [-0.39, 0.29) is 5.78 Å². The number of likely N-dealkylation sites (N-methyl/N-ethyl adjacent to an activating group) is 1. The highest BCUT2D eigenvalue weighted by Crippen LogP contribution is 1.57. The Morgan fingerprint density at radius 1 is 1.20 bits per heavy atom. The molecule has 0 aliphatic rings. The molecule has 0 saturated carbocycles. The Bertz CT molecular complexity index is 53.2. The average Bonchev–Trinajstić information content (AvgIpc) is 1.96. The van der Waals surface area contributed by atoms with Crippen molar-refractivity contribution in [1.29, 1.82) is 0 Å². The molecule has 64 valence electrons. The van der Waals surface area contributed by atoms with Crippen molar-refractivity contribution in [2.45, 2.75) is 34.6 Å². The fourth-order valence-corrected chi connectivity index (χ4v) is 0.249. The summed E-state index contributed by atoms with van der Waals surface area (Å²) in [7, 11) is 1.75. The van der Waals surface area contributed by atoms with Gasteiger partial charge < -0.3 is 5.32 Å². The van der Waals surface area contributed by atoms with Crippen LogP contribution in [0.4, 0.5) is 0 Å². The highest BCUT2D eigenvalue weighted by molar-refractivity contribution is 5.77. The second-order valence-electron chi connectivity index (χ2n) is 1.23. The lowest BCUT2D eigenvalue weighted by Gasteiger charge is -1.85. The first kappa shape index (κ1) is 16.3. The summed E-state index contributed by atoms with van der Waals surface area (Å²) in [6.07, 6.45) is 0. The van der Waals surface area contributed by atoms with Gasteiger partial charge in [-0.3, -0.25) is 4.79 Å². The maximum atomic E-state index is 9.98. The van der Waals surface area contributed by atoms with Gasteiger partial charge in [0.25, 0.3) is 0 Å². The van der Waals surface area contributed by atoms with Crippen molar-refractivity contribution in [3.05, 3.63) is 0 Å². The van der Waals surface area contributed by atoms with Gasteiger partial charge in [0.15, 0.2) is 0 Å². The molecule has 0 bridgehead atoms. The maximum Gasteiger partial charge on any atom is 0.143 e. The van der Waals surface area contributed by atoms with Gasteiger partial charge in [0, 0.05) is 0 Å². The predicted octanol–water partition coefficient (Wildman–Crippen LogP) is 1.85. The number of Topliss-reactive ketones (excluding diaryl/α,β-unsaturated/α-hetero) is 1. The first-order valence-electron chi connectivity index (χ1n) is 3.91. The van der Waals surface area contributed by atoms with E-state index >= 15 is 0 Å². The third-order valence-corrected chi connectivity index (χ3v) is 0.426. The zero-order valence-corrected chi connectivity index (χ0v) is 8.12. The third-order valence-electron chi connectivity index (χ3n) is 0.426. The normalized spacial score (nSPS) is 6.20. The number of carbonyl (C=O) groups excluding carboxylic acids is 1. The second kappa shape index (κ2) is 23.4. The van der Waals surface area contributed by atoms with Crippen LogP contribution in [0.5, 0.6) is 0 Å². The fourth-order valence-electron chi connectivity index (χ4n) is 0.249. The van der Waals surface area contributed by atoms with Gasteiger partial charge in [0.2, 0.25) is 0 Å². The van der Waals surface area contributed by atoms with Crippen LogP contribution < -0.4 is 5.32 Å². The highest BCUT2D eigenvalue weighted by atomic mass is 16.1. The molecule has 0 rings (SSSR count). The molecule has 0 aromatic heterocycles. The first-order chi connectivity index (χ1) is 4.77. The largest absolute Gasteiger partial charge is 0.313 e. The zero-order valence-electron chi connectivity index (χ0n) is 8.12. The van der Waals surface area contributed by atoms with E-state index in [1.807, 2.05) is 27.7 Å². The third kappa shape index (κ3) is 48.5. The minimum Gasteiger partial charge on any atom is -0.313 e. The maximum absolute atomic E-state index is 9.98. The van der Waals surface area contributed by atoms with E-state index in [1.54, 1.807) is 14.0 Å². The quantitative estimate of drug-likeness (QED) is 0.646. The minimum absolute atomic E-state index is 0.178. The van der Waals surface area contributed by atoms with Crippen LogP contribution in [0.25, 0.3) is 0 Å². The summed E-state index contributed by atoms with van der Waals surface area (Å²) in [4.78, 5) is 9.98. The van der Waals surface area contributed by atoms with Crippen molar-refractivity contribution >= 4 is 5.78 Å². The van der Waals surface area contributed by atoms with Crippen LogP contribution in [-0.4, -0.2) is 19.4 Å². The van der Waals surface area contributed by atoms with Crippen LogP contribution in [0.2, 0.25) is 0 Å². The van der Waals surface area contributed by atoms with E-state index in [2.05, 4.69) is 5.32 Å². The summed E-state index contributed by atoms with van der Waals surface area (Å²) in [6, 6.07) is 0. The Morgan fingerprint density at radius 3 is 1.50 bits per heavy atom. The van der Waals surface area contributed by atoms with Crippen LogP contribution in [0.1, 0.15) is 34.6 Å². The van der Waals surface area contributed by atoms with Crippen molar-refractivity contribution in [2.24, 2.45) is 0 Å². The zero-order chi connectivity index (χ0) is 8.99. The number of hydrogen-bond acceptors (Lipinski definition) is 2. The molecular formula is C8H21NO. The number of rotatable bonds is 2. The van der Waals surface area contributed by atoms with Crippen LogP contribution in [0.15, 0.2) is 0 Å². The summed E-state index contributed by atoms with van der Waals surface area (Å²) in [5, 5.41) is 2.72. The van der Waals surface area contributed by atoms with E-state index in [0.717, 1.165) is 0 Å². The van der Waals surface area contributed by atoms with Crippen molar-refractivity contribution in [3.63, 3.8) is 0 Å². The lowest BCUT2D eigenvalue weighted by Crippen LogP contribution is -2.14. The van der Waals surface area contributed by atoms with E-state index in [4.69, 9.17) is 0 Å². The van der Waals surface area contributed by atoms with E-state index in [1.165, 1.54) is 0 Å². The average molecular weight is 147 g/mol. The van der Waals surface area contributed by atoms with Gasteiger partial charge in [0.05, 0.1) is 6.54 Å². The Balaban J connectivity index is -0.000000105. The summed E-state index contributed by atoms with van der Waals surface area (Å²) < 4.78 is 0. The van der Waals surface area contributed by atoms with Crippen molar-refractivity contribution in [3.8, 4) is 0 Å². The second-order valence-corrected chi connectivity index (χ2v) is 1.23. The molecule has 0 aliphatic carbocycles. The molecule has 0 aliphatic heterocycles. The summed E-state index contributed by atoms with van der Waals surface area (Å²) in [6.45, 7) is 10.0. The predicted molar refractivity (Wildman–Crippen MR) is 47.3 cm³/mol. The molecule has 0 amide bonds.